The molecule has 0 saturated carbocycles. The van der Waals surface area contributed by atoms with Gasteiger partial charge in [0, 0.05) is 0 Å². The first kappa shape index (κ1) is 24.2. The van der Waals surface area contributed by atoms with Gasteiger partial charge in [-0.3, -0.25) is 0 Å². The van der Waals surface area contributed by atoms with E-state index in [1.165, 1.54) is 44.3 Å². The van der Waals surface area contributed by atoms with Crippen LogP contribution in [-0.2, 0) is 26.2 Å². The van der Waals surface area contributed by atoms with Gasteiger partial charge in [-0.1, -0.05) is 83.9 Å². The minimum absolute atomic E-state index is 0.893. The number of hydrogen-bond acceptors (Lipinski definition) is 0. The van der Waals surface area contributed by atoms with Crippen molar-refractivity contribution in [2.24, 2.45) is 0 Å². The van der Waals surface area contributed by atoms with Crippen molar-refractivity contribution in [1.82, 2.24) is 9.13 Å². The molecular formula is C34H36N4+2. The molecule has 0 bridgehead atoms. The topological polar surface area (TPSA) is 17.6 Å². The van der Waals surface area contributed by atoms with Crippen molar-refractivity contribution in [1.29, 1.82) is 0 Å². The normalized spacial score (nSPS) is 11.5. The van der Waals surface area contributed by atoms with Crippen LogP contribution in [0.1, 0.15) is 35.1 Å². The summed E-state index contributed by atoms with van der Waals surface area (Å²) in [5.74, 6) is 0. The van der Waals surface area contributed by atoms with Crippen LogP contribution in [0.25, 0.3) is 22.1 Å². The van der Waals surface area contributed by atoms with Crippen molar-refractivity contribution >= 4 is 22.1 Å². The highest BCUT2D eigenvalue weighted by atomic mass is 15.1. The summed E-state index contributed by atoms with van der Waals surface area (Å²) >= 11 is 0. The van der Waals surface area contributed by atoms with E-state index in [0.29, 0.717) is 0 Å². The molecule has 0 aliphatic rings. The minimum Gasteiger partial charge on any atom is -0.230 e. The SMILES string of the molecule is Cc1ccc(C[n+]2cn(CCCCn3c[n+](Cc4ccc(C)cc4)c4ccccc43)c3ccccc32)cc1. The summed E-state index contributed by atoms with van der Waals surface area (Å²) in [7, 11) is 0. The van der Waals surface area contributed by atoms with Crippen LogP contribution >= 0.6 is 0 Å². The molecule has 6 aromatic rings. The van der Waals surface area contributed by atoms with Crippen molar-refractivity contribution in [2.45, 2.75) is 52.9 Å². The van der Waals surface area contributed by atoms with E-state index < -0.39 is 0 Å². The molecule has 0 amide bonds. The second-order valence-corrected chi connectivity index (χ2v) is 10.5. The molecule has 0 radical (unpaired) electrons. The number of aryl methyl sites for hydroxylation is 4. The fourth-order valence-electron chi connectivity index (χ4n) is 5.44. The molecule has 6 rings (SSSR count). The molecule has 0 N–H and O–H groups in total. The Morgan fingerprint density at radius 2 is 0.895 bits per heavy atom. The molecule has 190 valence electrons. The third-order valence-corrected chi connectivity index (χ3v) is 7.55. The summed E-state index contributed by atoms with van der Waals surface area (Å²) < 4.78 is 9.62. The van der Waals surface area contributed by atoms with E-state index >= 15 is 0 Å². The van der Waals surface area contributed by atoms with Gasteiger partial charge in [0.05, 0.1) is 13.1 Å². The lowest BCUT2D eigenvalue weighted by Gasteiger charge is -2.00. The van der Waals surface area contributed by atoms with E-state index in [1.807, 2.05) is 0 Å². The van der Waals surface area contributed by atoms with Gasteiger partial charge in [0.1, 0.15) is 13.1 Å². The standard InChI is InChI=1S/C34H36N4/c1-27-13-17-29(18-14-27)23-37-25-35(31-9-3-5-11-33(31)37)21-7-8-22-36-26-38(34-12-6-4-10-32(34)36)24-30-19-15-28(2)16-20-30/h3-6,9-20,25-26H,7-8,21-24H2,1-2H3/q+2. The molecule has 38 heavy (non-hydrogen) atoms. The van der Waals surface area contributed by atoms with E-state index in [0.717, 1.165) is 39.0 Å². The summed E-state index contributed by atoms with van der Waals surface area (Å²) in [6, 6.07) is 35.3. The third kappa shape index (κ3) is 5.12. The molecule has 0 atom stereocenters. The van der Waals surface area contributed by atoms with Gasteiger partial charge >= 0.3 is 0 Å². The fourth-order valence-corrected chi connectivity index (χ4v) is 5.44. The highest BCUT2D eigenvalue weighted by Crippen LogP contribution is 2.16. The lowest BCUT2D eigenvalue weighted by Crippen LogP contribution is -2.32. The Hall–Kier alpha value is -4.18. The maximum Gasteiger partial charge on any atom is 0.245 e. The van der Waals surface area contributed by atoms with Gasteiger partial charge < -0.3 is 0 Å². The van der Waals surface area contributed by atoms with Crippen LogP contribution in [0, 0.1) is 13.8 Å². The zero-order valence-electron chi connectivity index (χ0n) is 22.4. The summed E-state index contributed by atoms with van der Waals surface area (Å²) in [6.07, 6.45) is 6.86. The zero-order chi connectivity index (χ0) is 25.9. The Morgan fingerprint density at radius 3 is 1.32 bits per heavy atom. The van der Waals surface area contributed by atoms with Gasteiger partial charge in [-0.15, -0.1) is 0 Å². The molecule has 4 nitrogen and oxygen atoms in total. The number of hydrogen-bond donors (Lipinski definition) is 0. The van der Waals surface area contributed by atoms with Crippen molar-refractivity contribution in [2.75, 3.05) is 0 Å². The summed E-state index contributed by atoms with van der Waals surface area (Å²) in [5, 5.41) is 0. The Kier molecular flexibility index (Phi) is 6.78. The first-order chi connectivity index (χ1) is 18.6. The number of aromatic nitrogens is 4. The largest absolute Gasteiger partial charge is 0.245 e. The van der Waals surface area contributed by atoms with Gasteiger partial charge in [0.15, 0.2) is 22.1 Å². The number of nitrogens with zero attached hydrogens (tertiary/aromatic N) is 4. The number of unbranched alkanes of at least 4 members (excludes halogenated alkanes) is 1. The van der Waals surface area contributed by atoms with E-state index in [1.54, 1.807) is 0 Å². The molecule has 0 unspecified atom stereocenters. The van der Waals surface area contributed by atoms with E-state index in [4.69, 9.17) is 0 Å². The van der Waals surface area contributed by atoms with Crippen molar-refractivity contribution in [3.8, 4) is 0 Å². The van der Waals surface area contributed by atoms with Crippen LogP contribution < -0.4 is 9.13 Å². The molecule has 4 heteroatoms. The fraction of sp³-hybridized carbons (Fsp3) is 0.235. The molecule has 0 saturated heterocycles. The quantitative estimate of drug-likeness (QED) is 0.162. The second-order valence-electron chi connectivity index (χ2n) is 10.5. The molecule has 2 aromatic heterocycles. The predicted molar refractivity (Wildman–Crippen MR) is 154 cm³/mol. The van der Waals surface area contributed by atoms with Gasteiger partial charge in [0.25, 0.3) is 0 Å². The average molecular weight is 501 g/mol. The Balaban J connectivity index is 1.15. The second kappa shape index (κ2) is 10.7. The van der Waals surface area contributed by atoms with Gasteiger partial charge in [-0.2, -0.15) is 0 Å². The van der Waals surface area contributed by atoms with Crippen LogP contribution in [0.2, 0.25) is 0 Å². The van der Waals surface area contributed by atoms with Crippen LogP contribution in [0.5, 0.6) is 0 Å². The summed E-state index contributed by atoms with van der Waals surface area (Å²) in [5.41, 5.74) is 10.5. The van der Waals surface area contributed by atoms with Crippen LogP contribution in [-0.4, -0.2) is 9.13 Å². The smallest absolute Gasteiger partial charge is 0.230 e. The molecule has 0 aliphatic carbocycles. The molecule has 0 fully saturated rings. The minimum atomic E-state index is 0.893. The van der Waals surface area contributed by atoms with E-state index in [2.05, 4.69) is 142 Å². The average Bonchev–Trinajstić information content (AvgIpc) is 3.47. The van der Waals surface area contributed by atoms with E-state index in [-0.39, 0.29) is 0 Å². The zero-order valence-corrected chi connectivity index (χ0v) is 22.4. The number of imidazole rings is 2. The lowest BCUT2D eigenvalue weighted by atomic mass is 10.1. The summed E-state index contributed by atoms with van der Waals surface area (Å²) in [6.45, 7) is 8.11. The Labute approximate surface area is 225 Å². The van der Waals surface area contributed by atoms with Crippen molar-refractivity contribution in [3.63, 3.8) is 0 Å². The lowest BCUT2D eigenvalue weighted by molar-refractivity contribution is -0.663. The molecule has 4 aromatic carbocycles. The first-order valence-corrected chi connectivity index (χ1v) is 13.7. The van der Waals surface area contributed by atoms with E-state index in [9.17, 15) is 0 Å². The Bertz CT molecular complexity index is 1540. The van der Waals surface area contributed by atoms with Crippen LogP contribution in [0.15, 0.2) is 110 Å². The van der Waals surface area contributed by atoms with Crippen molar-refractivity contribution in [3.05, 3.63) is 132 Å². The molecule has 2 heterocycles. The highest BCUT2D eigenvalue weighted by molar-refractivity contribution is 5.72. The van der Waals surface area contributed by atoms with Crippen molar-refractivity contribution < 1.29 is 9.13 Å². The number of benzene rings is 4. The Morgan fingerprint density at radius 1 is 0.500 bits per heavy atom. The number of fused-ring (bicyclic) bond motifs is 2. The number of para-hydroxylation sites is 4. The maximum atomic E-state index is 2.43. The summed E-state index contributed by atoms with van der Waals surface area (Å²) in [4.78, 5) is 0. The molecular weight excluding hydrogens is 464 g/mol. The molecule has 0 aliphatic heterocycles. The highest BCUT2D eigenvalue weighted by Gasteiger charge is 2.17. The van der Waals surface area contributed by atoms with Gasteiger partial charge in [-0.25, -0.2) is 18.3 Å². The van der Waals surface area contributed by atoms with Gasteiger partial charge in [-0.05, 0) is 62.1 Å². The number of rotatable bonds is 9. The van der Waals surface area contributed by atoms with Crippen LogP contribution in [0.4, 0.5) is 0 Å². The van der Waals surface area contributed by atoms with Gasteiger partial charge in [0.2, 0.25) is 12.7 Å². The van der Waals surface area contributed by atoms with Crippen LogP contribution in [0.3, 0.4) is 0 Å². The third-order valence-electron chi connectivity index (χ3n) is 7.55. The first-order valence-electron chi connectivity index (χ1n) is 13.7. The predicted octanol–water partition coefficient (Wildman–Crippen LogP) is 6.36. The molecule has 0 spiro atoms. The maximum absolute atomic E-state index is 2.43. The monoisotopic (exact) mass is 500 g/mol.